The van der Waals surface area contributed by atoms with Gasteiger partial charge in [-0.05, 0) is 42.7 Å². The quantitative estimate of drug-likeness (QED) is 0.587. The summed E-state index contributed by atoms with van der Waals surface area (Å²) in [4.78, 5) is 12.2. The van der Waals surface area contributed by atoms with E-state index < -0.39 is 0 Å². The summed E-state index contributed by atoms with van der Waals surface area (Å²) in [6, 6.07) is 25.8. The fourth-order valence-corrected chi connectivity index (χ4v) is 2.56. The van der Waals surface area contributed by atoms with Crippen LogP contribution in [0.2, 0.25) is 0 Å². The molecule has 2 heteroatoms. The lowest BCUT2D eigenvalue weighted by Crippen LogP contribution is -2.09. The molecule has 0 fully saturated rings. The van der Waals surface area contributed by atoms with Crippen molar-refractivity contribution in [2.75, 3.05) is 0 Å². The van der Waals surface area contributed by atoms with Crippen molar-refractivity contribution in [2.24, 2.45) is 0 Å². The van der Waals surface area contributed by atoms with Crippen molar-refractivity contribution < 1.29 is 9.53 Å². The third-order valence-electron chi connectivity index (χ3n) is 4.06. The van der Waals surface area contributed by atoms with E-state index in [4.69, 9.17) is 4.74 Å². The Kier molecular flexibility index (Phi) is 4.76. The zero-order valence-corrected chi connectivity index (χ0v) is 13.9. The molecule has 0 aromatic heterocycles. The number of hydrogen-bond acceptors (Lipinski definition) is 2. The van der Waals surface area contributed by atoms with Gasteiger partial charge < -0.3 is 4.74 Å². The zero-order chi connectivity index (χ0) is 16.9. The lowest BCUT2D eigenvalue weighted by Gasteiger charge is -2.14. The number of carbonyl (C=O) groups excluding carboxylic acids is 1. The van der Waals surface area contributed by atoms with Crippen LogP contribution in [0.1, 0.15) is 34.5 Å². The van der Waals surface area contributed by atoms with Crippen LogP contribution < -0.4 is 0 Å². The molecule has 0 aliphatic rings. The molecule has 3 aromatic carbocycles. The second kappa shape index (κ2) is 7.14. The molecule has 0 aliphatic carbocycles. The smallest absolute Gasteiger partial charge is 0.338 e. The van der Waals surface area contributed by atoms with Gasteiger partial charge in [0.2, 0.25) is 0 Å². The molecule has 2 nitrogen and oxygen atoms in total. The highest BCUT2D eigenvalue weighted by Gasteiger charge is 2.13. The maximum absolute atomic E-state index is 12.2. The Hall–Kier alpha value is -2.87. The Morgan fingerprint density at radius 2 is 1.38 bits per heavy atom. The summed E-state index contributed by atoms with van der Waals surface area (Å²) in [5, 5.41) is 0. The number of aryl methyl sites for hydroxylation is 1. The van der Waals surface area contributed by atoms with Gasteiger partial charge in [0.05, 0.1) is 5.56 Å². The van der Waals surface area contributed by atoms with Crippen molar-refractivity contribution in [3.05, 3.63) is 95.6 Å². The van der Waals surface area contributed by atoms with E-state index in [1.807, 2.05) is 56.3 Å². The molecule has 0 saturated heterocycles. The number of hydrogen-bond donors (Lipinski definition) is 0. The van der Waals surface area contributed by atoms with E-state index in [0.29, 0.717) is 5.56 Å². The number of carbonyl (C=O) groups is 1. The Balaban J connectivity index is 1.70. The van der Waals surface area contributed by atoms with Crippen molar-refractivity contribution in [1.29, 1.82) is 0 Å². The van der Waals surface area contributed by atoms with Gasteiger partial charge >= 0.3 is 5.97 Å². The van der Waals surface area contributed by atoms with Crippen molar-refractivity contribution in [3.8, 4) is 11.1 Å². The summed E-state index contributed by atoms with van der Waals surface area (Å²) < 4.78 is 5.57. The zero-order valence-electron chi connectivity index (χ0n) is 13.9. The topological polar surface area (TPSA) is 26.3 Å². The predicted molar refractivity (Wildman–Crippen MR) is 96.9 cm³/mol. The fraction of sp³-hybridized carbons (Fsp3) is 0.136. The van der Waals surface area contributed by atoms with Crippen molar-refractivity contribution in [2.45, 2.75) is 20.0 Å². The molecular formula is C22H20O2. The van der Waals surface area contributed by atoms with Gasteiger partial charge in [-0.15, -0.1) is 0 Å². The lowest BCUT2D eigenvalue weighted by atomic mass is 10.0. The first-order valence-corrected chi connectivity index (χ1v) is 8.06. The normalized spacial score (nSPS) is 11.8. The van der Waals surface area contributed by atoms with Gasteiger partial charge in [0.25, 0.3) is 0 Å². The molecular weight excluding hydrogens is 296 g/mol. The summed E-state index contributed by atoms with van der Waals surface area (Å²) in [5.41, 5.74) is 5.00. The summed E-state index contributed by atoms with van der Waals surface area (Å²) in [6.45, 7) is 3.88. The van der Waals surface area contributed by atoms with Crippen molar-refractivity contribution in [1.82, 2.24) is 0 Å². The third kappa shape index (κ3) is 3.72. The van der Waals surface area contributed by atoms with Crippen LogP contribution in [0, 0.1) is 6.92 Å². The number of esters is 1. The molecule has 0 amide bonds. The molecule has 120 valence electrons. The summed E-state index contributed by atoms with van der Waals surface area (Å²) >= 11 is 0. The van der Waals surface area contributed by atoms with E-state index in [2.05, 4.69) is 24.3 Å². The number of rotatable bonds is 4. The molecule has 3 rings (SSSR count). The highest BCUT2D eigenvalue weighted by Crippen LogP contribution is 2.24. The van der Waals surface area contributed by atoms with Crippen LogP contribution in [0.5, 0.6) is 0 Å². The van der Waals surface area contributed by atoms with Gasteiger partial charge in [0.15, 0.2) is 0 Å². The fourth-order valence-electron chi connectivity index (χ4n) is 2.56. The molecule has 3 aromatic rings. The molecule has 0 saturated carbocycles. The summed E-state index contributed by atoms with van der Waals surface area (Å²) in [5.74, 6) is -0.297. The molecule has 0 heterocycles. The van der Waals surface area contributed by atoms with E-state index in [-0.39, 0.29) is 12.1 Å². The van der Waals surface area contributed by atoms with E-state index in [0.717, 1.165) is 16.7 Å². The summed E-state index contributed by atoms with van der Waals surface area (Å²) in [7, 11) is 0. The van der Waals surface area contributed by atoms with Crippen LogP contribution in [-0.2, 0) is 4.74 Å². The van der Waals surface area contributed by atoms with Gasteiger partial charge in [0, 0.05) is 0 Å². The minimum atomic E-state index is -0.297. The van der Waals surface area contributed by atoms with Gasteiger partial charge in [-0.1, -0.05) is 72.3 Å². The monoisotopic (exact) mass is 316 g/mol. The van der Waals surface area contributed by atoms with Crippen LogP contribution in [0.15, 0.2) is 78.9 Å². The second-order valence-corrected chi connectivity index (χ2v) is 5.90. The van der Waals surface area contributed by atoms with Crippen molar-refractivity contribution in [3.63, 3.8) is 0 Å². The molecule has 1 unspecified atom stereocenters. The maximum atomic E-state index is 12.2. The standard InChI is InChI=1S/C22H20O2/c1-16-8-10-21(11-9-16)22(23)24-17(2)18-12-14-20(15-13-18)19-6-4-3-5-7-19/h3-15,17H,1-2H3. The molecule has 0 aliphatic heterocycles. The van der Waals surface area contributed by atoms with Gasteiger partial charge in [-0.25, -0.2) is 4.79 Å². The average molecular weight is 316 g/mol. The van der Waals surface area contributed by atoms with E-state index in [1.54, 1.807) is 12.1 Å². The average Bonchev–Trinajstić information content (AvgIpc) is 2.63. The Bertz CT molecular complexity index is 803. The molecule has 24 heavy (non-hydrogen) atoms. The SMILES string of the molecule is Cc1ccc(C(=O)OC(C)c2ccc(-c3ccccc3)cc2)cc1. The van der Waals surface area contributed by atoms with Crippen LogP contribution in [-0.4, -0.2) is 5.97 Å². The van der Waals surface area contributed by atoms with Gasteiger partial charge in [-0.2, -0.15) is 0 Å². The molecule has 1 atom stereocenters. The van der Waals surface area contributed by atoms with Crippen LogP contribution >= 0.6 is 0 Å². The van der Waals surface area contributed by atoms with Gasteiger partial charge in [-0.3, -0.25) is 0 Å². The number of benzene rings is 3. The second-order valence-electron chi connectivity index (χ2n) is 5.90. The minimum absolute atomic E-state index is 0.288. The first kappa shape index (κ1) is 16.0. The molecule has 0 spiro atoms. The lowest BCUT2D eigenvalue weighted by molar-refractivity contribution is 0.0338. The largest absolute Gasteiger partial charge is 0.454 e. The molecule has 0 bridgehead atoms. The Morgan fingerprint density at radius 1 is 0.792 bits per heavy atom. The van der Waals surface area contributed by atoms with Crippen LogP contribution in [0.3, 0.4) is 0 Å². The van der Waals surface area contributed by atoms with Crippen LogP contribution in [0.4, 0.5) is 0 Å². The third-order valence-corrected chi connectivity index (χ3v) is 4.06. The minimum Gasteiger partial charge on any atom is -0.454 e. The number of ether oxygens (including phenoxy) is 1. The van der Waals surface area contributed by atoms with Crippen LogP contribution in [0.25, 0.3) is 11.1 Å². The van der Waals surface area contributed by atoms with Crippen molar-refractivity contribution >= 4 is 5.97 Å². The van der Waals surface area contributed by atoms with E-state index >= 15 is 0 Å². The predicted octanol–water partition coefficient (Wildman–Crippen LogP) is 5.58. The highest BCUT2D eigenvalue weighted by molar-refractivity contribution is 5.89. The van der Waals surface area contributed by atoms with E-state index in [9.17, 15) is 4.79 Å². The molecule has 0 radical (unpaired) electrons. The first-order chi connectivity index (χ1) is 11.6. The Labute approximate surface area is 142 Å². The first-order valence-electron chi connectivity index (χ1n) is 8.06. The van der Waals surface area contributed by atoms with E-state index in [1.165, 1.54) is 5.56 Å². The summed E-state index contributed by atoms with van der Waals surface area (Å²) in [6.07, 6.45) is -0.288. The maximum Gasteiger partial charge on any atom is 0.338 e. The van der Waals surface area contributed by atoms with Gasteiger partial charge in [0.1, 0.15) is 6.10 Å². The molecule has 0 N–H and O–H groups in total. The highest BCUT2D eigenvalue weighted by atomic mass is 16.5. The Morgan fingerprint density at radius 3 is 2.00 bits per heavy atom.